The van der Waals surface area contributed by atoms with Crippen molar-refractivity contribution in [1.82, 2.24) is 5.32 Å². The molecule has 0 aromatic heterocycles. The van der Waals surface area contributed by atoms with E-state index < -0.39 is 0 Å². The lowest BCUT2D eigenvalue weighted by Gasteiger charge is -2.17. The Hall–Kier alpha value is -0.470. The normalized spacial score (nSPS) is 12.6. The van der Waals surface area contributed by atoms with Gasteiger partial charge in [-0.1, -0.05) is 36.8 Å². The summed E-state index contributed by atoms with van der Waals surface area (Å²) in [6, 6.07) is 9.42. The van der Waals surface area contributed by atoms with E-state index in [2.05, 4.69) is 49.7 Å². The van der Waals surface area contributed by atoms with Crippen LogP contribution in [0.2, 0.25) is 0 Å². The van der Waals surface area contributed by atoms with Gasteiger partial charge in [0.25, 0.3) is 0 Å². The van der Waals surface area contributed by atoms with Gasteiger partial charge < -0.3 is 5.32 Å². The standard InChI is InChI=1S/C15H25NS/c1-4-15(16-11-5-6-12-17-3)14-9-7-13(2)8-10-14/h7-10,15-16H,4-6,11-12H2,1-3H3. The molecule has 0 spiro atoms. The molecule has 0 bridgehead atoms. The van der Waals surface area contributed by atoms with Crippen LogP contribution in [0.15, 0.2) is 24.3 Å². The third-order valence-electron chi connectivity index (χ3n) is 3.05. The van der Waals surface area contributed by atoms with Crippen LogP contribution in [0.5, 0.6) is 0 Å². The fourth-order valence-corrected chi connectivity index (χ4v) is 2.44. The molecule has 1 rings (SSSR count). The van der Waals surface area contributed by atoms with Crippen molar-refractivity contribution in [2.75, 3.05) is 18.6 Å². The van der Waals surface area contributed by atoms with Crippen molar-refractivity contribution in [3.63, 3.8) is 0 Å². The first-order valence-corrected chi connectivity index (χ1v) is 7.96. The minimum Gasteiger partial charge on any atom is -0.310 e. The lowest BCUT2D eigenvalue weighted by atomic mass is 10.0. The molecule has 0 fully saturated rings. The van der Waals surface area contributed by atoms with E-state index in [4.69, 9.17) is 0 Å². The summed E-state index contributed by atoms with van der Waals surface area (Å²) in [4.78, 5) is 0. The van der Waals surface area contributed by atoms with E-state index in [0.717, 1.165) is 13.0 Å². The Morgan fingerprint density at radius 1 is 1.18 bits per heavy atom. The highest BCUT2D eigenvalue weighted by atomic mass is 32.2. The summed E-state index contributed by atoms with van der Waals surface area (Å²) in [6.07, 6.45) is 5.93. The highest BCUT2D eigenvalue weighted by molar-refractivity contribution is 7.98. The molecule has 0 heterocycles. The molecule has 1 aromatic rings. The van der Waals surface area contributed by atoms with Crippen LogP contribution in [0.4, 0.5) is 0 Å². The summed E-state index contributed by atoms with van der Waals surface area (Å²) in [7, 11) is 0. The fourth-order valence-electron chi connectivity index (χ4n) is 1.94. The molecule has 0 radical (unpaired) electrons. The average Bonchev–Trinajstić information content (AvgIpc) is 2.35. The molecule has 0 aliphatic rings. The van der Waals surface area contributed by atoms with Crippen molar-refractivity contribution in [3.8, 4) is 0 Å². The van der Waals surface area contributed by atoms with Crippen LogP contribution < -0.4 is 5.32 Å². The topological polar surface area (TPSA) is 12.0 Å². The SMILES string of the molecule is CCC(NCCCCSC)c1ccc(C)cc1. The van der Waals surface area contributed by atoms with Gasteiger partial charge in [-0.15, -0.1) is 0 Å². The molecule has 0 saturated carbocycles. The van der Waals surface area contributed by atoms with E-state index in [0.29, 0.717) is 6.04 Å². The number of hydrogen-bond acceptors (Lipinski definition) is 2. The van der Waals surface area contributed by atoms with Crippen LogP contribution in [0.1, 0.15) is 43.4 Å². The summed E-state index contributed by atoms with van der Waals surface area (Å²) in [5.74, 6) is 1.28. The van der Waals surface area contributed by atoms with Gasteiger partial charge in [-0.25, -0.2) is 0 Å². The number of unbranched alkanes of at least 4 members (excludes halogenated alkanes) is 1. The first-order valence-electron chi connectivity index (χ1n) is 6.56. The van der Waals surface area contributed by atoms with E-state index in [1.807, 2.05) is 11.8 Å². The predicted octanol–water partition coefficient (Wildman–Crippen LogP) is 4.18. The van der Waals surface area contributed by atoms with Crippen LogP contribution in [-0.2, 0) is 0 Å². The van der Waals surface area contributed by atoms with Gasteiger partial charge in [0, 0.05) is 6.04 Å². The zero-order valence-corrected chi connectivity index (χ0v) is 12.1. The van der Waals surface area contributed by atoms with Gasteiger partial charge in [-0.2, -0.15) is 11.8 Å². The molecule has 1 N–H and O–H groups in total. The number of aryl methyl sites for hydroxylation is 1. The van der Waals surface area contributed by atoms with Crippen LogP contribution in [0, 0.1) is 6.92 Å². The third kappa shape index (κ3) is 5.60. The summed E-state index contributed by atoms with van der Waals surface area (Å²) >= 11 is 1.94. The second-order valence-electron chi connectivity index (χ2n) is 4.53. The Labute approximate surface area is 110 Å². The molecule has 0 amide bonds. The fraction of sp³-hybridized carbons (Fsp3) is 0.600. The zero-order chi connectivity index (χ0) is 12.5. The zero-order valence-electron chi connectivity index (χ0n) is 11.3. The quantitative estimate of drug-likeness (QED) is 0.696. The summed E-state index contributed by atoms with van der Waals surface area (Å²) in [5, 5.41) is 3.65. The first kappa shape index (κ1) is 14.6. The minimum absolute atomic E-state index is 0.518. The van der Waals surface area contributed by atoms with Gasteiger partial charge in [0.2, 0.25) is 0 Å². The lowest BCUT2D eigenvalue weighted by Crippen LogP contribution is -2.22. The van der Waals surface area contributed by atoms with E-state index in [1.165, 1.54) is 29.7 Å². The summed E-state index contributed by atoms with van der Waals surface area (Å²) < 4.78 is 0. The van der Waals surface area contributed by atoms with Crippen molar-refractivity contribution in [2.24, 2.45) is 0 Å². The van der Waals surface area contributed by atoms with Crippen molar-refractivity contribution in [3.05, 3.63) is 35.4 Å². The highest BCUT2D eigenvalue weighted by Crippen LogP contribution is 2.17. The van der Waals surface area contributed by atoms with Crippen molar-refractivity contribution >= 4 is 11.8 Å². The first-order chi connectivity index (χ1) is 8.27. The number of rotatable bonds is 8. The van der Waals surface area contributed by atoms with E-state index >= 15 is 0 Å². The van der Waals surface area contributed by atoms with Gasteiger partial charge in [-0.05, 0) is 50.3 Å². The van der Waals surface area contributed by atoms with E-state index in [9.17, 15) is 0 Å². The van der Waals surface area contributed by atoms with Crippen LogP contribution in [0.25, 0.3) is 0 Å². The third-order valence-corrected chi connectivity index (χ3v) is 3.75. The van der Waals surface area contributed by atoms with Crippen LogP contribution >= 0.6 is 11.8 Å². The van der Waals surface area contributed by atoms with E-state index in [1.54, 1.807) is 0 Å². The molecule has 0 saturated heterocycles. The maximum Gasteiger partial charge on any atom is 0.0317 e. The van der Waals surface area contributed by atoms with Gasteiger partial charge >= 0.3 is 0 Å². The van der Waals surface area contributed by atoms with Crippen molar-refractivity contribution in [1.29, 1.82) is 0 Å². The molecule has 1 aromatic carbocycles. The second-order valence-corrected chi connectivity index (χ2v) is 5.51. The molecule has 0 aliphatic carbocycles. The maximum absolute atomic E-state index is 3.65. The van der Waals surface area contributed by atoms with E-state index in [-0.39, 0.29) is 0 Å². The number of hydrogen-bond donors (Lipinski definition) is 1. The highest BCUT2D eigenvalue weighted by Gasteiger charge is 2.07. The molecule has 96 valence electrons. The Bertz CT molecular complexity index is 294. The molecule has 17 heavy (non-hydrogen) atoms. The molecule has 1 unspecified atom stereocenters. The Morgan fingerprint density at radius 2 is 1.88 bits per heavy atom. The molecule has 1 atom stereocenters. The Kier molecular flexibility index (Phi) is 7.38. The number of nitrogens with one attached hydrogen (secondary N) is 1. The van der Waals surface area contributed by atoms with Crippen molar-refractivity contribution in [2.45, 2.75) is 39.2 Å². The van der Waals surface area contributed by atoms with Crippen LogP contribution in [-0.4, -0.2) is 18.6 Å². The summed E-state index contributed by atoms with van der Waals surface area (Å²) in [6.45, 7) is 5.52. The van der Waals surface area contributed by atoms with Crippen molar-refractivity contribution < 1.29 is 0 Å². The van der Waals surface area contributed by atoms with Crippen LogP contribution in [0.3, 0.4) is 0 Å². The second kappa shape index (κ2) is 8.60. The van der Waals surface area contributed by atoms with Gasteiger partial charge in [0.15, 0.2) is 0 Å². The molecule has 0 aliphatic heterocycles. The average molecular weight is 251 g/mol. The largest absolute Gasteiger partial charge is 0.310 e. The maximum atomic E-state index is 3.65. The molecular formula is C15H25NS. The molecule has 2 heteroatoms. The lowest BCUT2D eigenvalue weighted by molar-refractivity contribution is 0.508. The van der Waals surface area contributed by atoms with Gasteiger partial charge in [0.1, 0.15) is 0 Å². The minimum atomic E-state index is 0.518. The summed E-state index contributed by atoms with van der Waals surface area (Å²) in [5.41, 5.74) is 2.76. The number of benzene rings is 1. The monoisotopic (exact) mass is 251 g/mol. The Balaban J connectivity index is 2.35. The molecular weight excluding hydrogens is 226 g/mol. The Morgan fingerprint density at radius 3 is 2.47 bits per heavy atom. The molecule has 1 nitrogen and oxygen atoms in total. The smallest absolute Gasteiger partial charge is 0.0317 e. The predicted molar refractivity (Wildman–Crippen MR) is 79.8 cm³/mol. The number of thioether (sulfide) groups is 1. The van der Waals surface area contributed by atoms with Gasteiger partial charge in [0.05, 0.1) is 0 Å². The van der Waals surface area contributed by atoms with Gasteiger partial charge in [-0.3, -0.25) is 0 Å².